The molecule has 25 heavy (non-hydrogen) atoms. The molecular formula is C16H10ClN5O3. The summed E-state index contributed by atoms with van der Waals surface area (Å²) in [6, 6.07) is 9.95. The zero-order valence-electron chi connectivity index (χ0n) is 12.9. The van der Waals surface area contributed by atoms with E-state index in [0.29, 0.717) is 16.4 Å². The highest BCUT2D eigenvalue weighted by Crippen LogP contribution is 2.31. The van der Waals surface area contributed by atoms with Gasteiger partial charge in [0.25, 0.3) is 0 Å². The van der Waals surface area contributed by atoms with Gasteiger partial charge in [-0.1, -0.05) is 23.7 Å². The van der Waals surface area contributed by atoms with E-state index in [4.69, 9.17) is 16.0 Å². The van der Waals surface area contributed by atoms with Crippen LogP contribution in [0.1, 0.15) is 0 Å². The van der Waals surface area contributed by atoms with Gasteiger partial charge >= 0.3 is 5.88 Å². The first-order chi connectivity index (χ1) is 12.0. The topological polar surface area (TPSA) is 99.9 Å². The molecule has 9 heteroatoms. The number of hydrogen-bond donors (Lipinski definition) is 0. The summed E-state index contributed by atoms with van der Waals surface area (Å²) in [5, 5.41) is 16.4. The summed E-state index contributed by atoms with van der Waals surface area (Å²) < 4.78 is 6.84. The number of fused-ring (bicyclic) bond motifs is 1. The number of aromatic nitrogens is 4. The molecule has 0 saturated carbocycles. The summed E-state index contributed by atoms with van der Waals surface area (Å²) in [4.78, 5) is 19.2. The second-order valence-corrected chi connectivity index (χ2v) is 5.74. The molecule has 3 heterocycles. The van der Waals surface area contributed by atoms with Gasteiger partial charge in [0.2, 0.25) is 0 Å². The van der Waals surface area contributed by atoms with E-state index in [9.17, 15) is 10.1 Å². The Morgan fingerprint density at radius 1 is 1.16 bits per heavy atom. The van der Waals surface area contributed by atoms with Gasteiger partial charge in [0.1, 0.15) is 4.92 Å². The first-order valence-electron chi connectivity index (χ1n) is 7.23. The van der Waals surface area contributed by atoms with Gasteiger partial charge in [-0.25, -0.2) is 9.97 Å². The molecule has 1 aromatic carbocycles. The van der Waals surface area contributed by atoms with Gasteiger partial charge in [-0.15, -0.1) is 0 Å². The minimum absolute atomic E-state index is 0.213. The van der Waals surface area contributed by atoms with Crippen LogP contribution in [-0.4, -0.2) is 24.7 Å². The number of nitrogens with zero attached hydrogens (tertiary/aromatic N) is 5. The number of hydrogen-bond acceptors (Lipinski definition) is 6. The first-order valence-corrected chi connectivity index (χ1v) is 7.61. The molecule has 4 aromatic rings. The Morgan fingerprint density at radius 2 is 1.92 bits per heavy atom. The number of furan rings is 1. The summed E-state index contributed by atoms with van der Waals surface area (Å²) in [7, 11) is 1.76. The van der Waals surface area contributed by atoms with Crippen molar-refractivity contribution in [1.82, 2.24) is 19.7 Å². The van der Waals surface area contributed by atoms with Crippen molar-refractivity contribution in [2.45, 2.75) is 0 Å². The Balaban J connectivity index is 1.95. The molecular weight excluding hydrogens is 346 g/mol. The van der Waals surface area contributed by atoms with Gasteiger partial charge < -0.3 is 4.42 Å². The molecule has 3 aromatic heterocycles. The van der Waals surface area contributed by atoms with Crippen LogP contribution in [0.15, 0.2) is 47.0 Å². The fraction of sp³-hybridized carbons (Fsp3) is 0.0625. The van der Waals surface area contributed by atoms with E-state index < -0.39 is 4.92 Å². The maximum atomic E-state index is 10.8. The Hall–Kier alpha value is -3.26. The average Bonchev–Trinajstić information content (AvgIpc) is 3.23. The molecule has 0 aliphatic rings. The second-order valence-electron chi connectivity index (χ2n) is 5.30. The zero-order chi connectivity index (χ0) is 17.6. The van der Waals surface area contributed by atoms with Crippen LogP contribution in [0.4, 0.5) is 5.88 Å². The van der Waals surface area contributed by atoms with Gasteiger partial charge in [-0.3, -0.25) is 14.8 Å². The van der Waals surface area contributed by atoms with E-state index in [0.717, 1.165) is 10.9 Å². The summed E-state index contributed by atoms with van der Waals surface area (Å²) in [5.41, 5.74) is 2.06. The van der Waals surface area contributed by atoms with Crippen LogP contribution in [0.5, 0.6) is 0 Å². The summed E-state index contributed by atoms with van der Waals surface area (Å²) in [6.07, 6.45) is 1.67. The molecule has 4 rings (SSSR count). The molecule has 0 bridgehead atoms. The number of benzene rings is 1. The van der Waals surface area contributed by atoms with E-state index in [1.807, 2.05) is 12.1 Å². The van der Waals surface area contributed by atoms with Gasteiger partial charge in [0, 0.05) is 17.6 Å². The molecule has 8 nitrogen and oxygen atoms in total. The molecule has 124 valence electrons. The number of halogens is 1. The number of rotatable bonds is 3. The monoisotopic (exact) mass is 355 g/mol. The van der Waals surface area contributed by atoms with E-state index in [1.54, 1.807) is 30.1 Å². The lowest BCUT2D eigenvalue weighted by Crippen LogP contribution is -1.97. The lowest BCUT2D eigenvalue weighted by molar-refractivity contribution is -0.401. The molecule has 0 unspecified atom stereocenters. The summed E-state index contributed by atoms with van der Waals surface area (Å²) >= 11 is 5.95. The quantitative estimate of drug-likeness (QED) is 0.408. The average molecular weight is 356 g/mol. The maximum absolute atomic E-state index is 10.8. The third kappa shape index (κ3) is 2.62. The van der Waals surface area contributed by atoms with Crippen molar-refractivity contribution in [3.63, 3.8) is 0 Å². The molecule has 0 spiro atoms. The lowest BCUT2D eigenvalue weighted by atomic mass is 10.1. The third-order valence-electron chi connectivity index (χ3n) is 3.70. The van der Waals surface area contributed by atoms with Crippen molar-refractivity contribution in [1.29, 1.82) is 0 Å². The Bertz CT molecular complexity index is 1100. The van der Waals surface area contributed by atoms with Crippen LogP contribution >= 0.6 is 11.6 Å². The van der Waals surface area contributed by atoms with E-state index >= 15 is 0 Å². The predicted molar refractivity (Wildman–Crippen MR) is 91.1 cm³/mol. The molecule has 0 aliphatic carbocycles. The number of nitro groups is 1. The first kappa shape index (κ1) is 15.3. The van der Waals surface area contributed by atoms with Crippen LogP contribution < -0.4 is 0 Å². The predicted octanol–water partition coefficient (Wildman–Crippen LogP) is 3.85. The Labute approximate surface area is 145 Å². The minimum Gasteiger partial charge on any atom is -0.397 e. The van der Waals surface area contributed by atoms with Gasteiger partial charge in [-0.2, -0.15) is 5.10 Å². The molecule has 0 amide bonds. The van der Waals surface area contributed by atoms with Gasteiger partial charge in [0.05, 0.1) is 23.3 Å². The third-order valence-corrected chi connectivity index (χ3v) is 3.95. The Morgan fingerprint density at radius 3 is 2.60 bits per heavy atom. The molecule has 0 radical (unpaired) electrons. The van der Waals surface area contributed by atoms with E-state index in [1.165, 1.54) is 12.1 Å². The van der Waals surface area contributed by atoms with Crippen molar-refractivity contribution in [3.05, 3.63) is 57.7 Å². The van der Waals surface area contributed by atoms with Crippen LogP contribution in [0.3, 0.4) is 0 Å². The second kappa shape index (κ2) is 5.67. The summed E-state index contributed by atoms with van der Waals surface area (Å²) in [5.74, 6) is 0.0934. The highest BCUT2D eigenvalue weighted by molar-refractivity contribution is 6.30. The van der Waals surface area contributed by atoms with Crippen molar-refractivity contribution in [2.24, 2.45) is 7.05 Å². The molecule has 0 fully saturated rings. The highest BCUT2D eigenvalue weighted by atomic mass is 35.5. The molecule has 0 saturated heterocycles. The van der Waals surface area contributed by atoms with Crippen LogP contribution in [0, 0.1) is 10.1 Å². The van der Waals surface area contributed by atoms with Crippen LogP contribution in [0.25, 0.3) is 33.9 Å². The standard InChI is InChI=1S/C16H10ClN5O3/c1-21-16-11(8-18-21)14(9-2-4-10(17)5-3-9)19-15(20-16)12-6-7-13(25-12)22(23)24/h2-8H,1H3. The van der Waals surface area contributed by atoms with Crippen molar-refractivity contribution >= 4 is 28.5 Å². The van der Waals surface area contributed by atoms with Crippen molar-refractivity contribution in [2.75, 3.05) is 0 Å². The van der Waals surface area contributed by atoms with Crippen molar-refractivity contribution < 1.29 is 9.34 Å². The Kier molecular flexibility index (Phi) is 3.47. The van der Waals surface area contributed by atoms with Gasteiger partial charge in [-0.05, 0) is 18.2 Å². The highest BCUT2D eigenvalue weighted by Gasteiger charge is 2.19. The van der Waals surface area contributed by atoms with Crippen LogP contribution in [0.2, 0.25) is 5.02 Å². The largest absolute Gasteiger partial charge is 0.433 e. The fourth-order valence-corrected chi connectivity index (χ4v) is 2.63. The fourth-order valence-electron chi connectivity index (χ4n) is 2.51. The van der Waals surface area contributed by atoms with Crippen LogP contribution in [-0.2, 0) is 7.05 Å². The SMILES string of the molecule is Cn1ncc2c(-c3ccc(Cl)cc3)nc(-c3ccc([N+](=O)[O-])o3)nc21. The minimum atomic E-state index is -0.605. The lowest BCUT2D eigenvalue weighted by Gasteiger charge is -2.05. The molecule has 0 atom stereocenters. The smallest absolute Gasteiger partial charge is 0.397 e. The van der Waals surface area contributed by atoms with Crippen molar-refractivity contribution in [3.8, 4) is 22.8 Å². The van der Waals surface area contributed by atoms with Gasteiger partial charge in [0.15, 0.2) is 17.2 Å². The van der Waals surface area contributed by atoms with E-state index in [2.05, 4.69) is 15.1 Å². The summed E-state index contributed by atoms with van der Waals surface area (Å²) in [6.45, 7) is 0. The normalized spacial score (nSPS) is 11.1. The molecule has 0 aliphatic heterocycles. The maximum Gasteiger partial charge on any atom is 0.433 e. The molecule has 0 N–H and O–H groups in total. The van der Waals surface area contributed by atoms with E-state index in [-0.39, 0.29) is 17.5 Å². The number of aryl methyl sites for hydroxylation is 1. The zero-order valence-corrected chi connectivity index (χ0v) is 13.6.